The number of halogens is 1. The van der Waals surface area contributed by atoms with E-state index in [1.165, 1.54) is 6.20 Å². The first-order valence-electron chi connectivity index (χ1n) is 4.81. The van der Waals surface area contributed by atoms with Crippen molar-refractivity contribution >= 4 is 29.0 Å². The summed E-state index contributed by atoms with van der Waals surface area (Å²) in [5.41, 5.74) is 6.22. The van der Waals surface area contributed by atoms with Gasteiger partial charge in [0, 0.05) is 5.69 Å². The molecule has 1 aromatic carbocycles. The predicted molar refractivity (Wildman–Crippen MR) is 65.8 cm³/mol. The Bertz CT molecular complexity index is 544. The van der Waals surface area contributed by atoms with Gasteiger partial charge in [0.2, 0.25) is 0 Å². The molecule has 2 rings (SSSR count). The lowest BCUT2D eigenvalue weighted by Gasteiger charge is -2.05. The lowest BCUT2D eigenvalue weighted by molar-refractivity contribution is 0.102. The van der Waals surface area contributed by atoms with Crippen molar-refractivity contribution in [3.05, 3.63) is 47.4 Å². The lowest BCUT2D eigenvalue weighted by Crippen LogP contribution is -2.16. The maximum Gasteiger partial charge on any atom is 0.278 e. The first-order chi connectivity index (χ1) is 8.16. The average Bonchev–Trinajstić information content (AvgIpc) is 2.33. The maximum absolute atomic E-state index is 11.8. The van der Waals surface area contributed by atoms with E-state index in [0.717, 1.165) is 0 Å². The molecule has 6 heteroatoms. The van der Waals surface area contributed by atoms with Gasteiger partial charge in [0.15, 0.2) is 11.5 Å². The third-order valence-electron chi connectivity index (χ3n) is 2.02. The minimum absolute atomic E-state index is 0.0151. The van der Waals surface area contributed by atoms with Crippen LogP contribution in [0.2, 0.25) is 5.15 Å². The van der Waals surface area contributed by atoms with Gasteiger partial charge in [-0.25, -0.2) is 9.97 Å². The van der Waals surface area contributed by atoms with Gasteiger partial charge in [0.1, 0.15) is 5.15 Å². The van der Waals surface area contributed by atoms with Crippen LogP contribution in [0.5, 0.6) is 0 Å². The Labute approximate surface area is 103 Å². The fraction of sp³-hybridized carbons (Fsp3) is 0. The molecule has 17 heavy (non-hydrogen) atoms. The number of hydrogen-bond donors (Lipinski definition) is 2. The fourth-order valence-electron chi connectivity index (χ4n) is 1.26. The number of nitrogens with two attached hydrogens (primary N) is 1. The summed E-state index contributed by atoms with van der Waals surface area (Å²) in [4.78, 5) is 19.4. The highest BCUT2D eigenvalue weighted by Crippen LogP contribution is 2.13. The normalized spacial score (nSPS) is 9.94. The lowest BCUT2D eigenvalue weighted by atomic mass is 10.3. The highest BCUT2D eigenvalue weighted by atomic mass is 35.5. The van der Waals surface area contributed by atoms with E-state index < -0.39 is 5.91 Å². The second-order valence-corrected chi connectivity index (χ2v) is 3.63. The number of anilines is 2. The Morgan fingerprint density at radius 3 is 2.71 bits per heavy atom. The molecular weight excluding hydrogens is 240 g/mol. The third-order valence-corrected chi connectivity index (χ3v) is 2.20. The summed E-state index contributed by atoms with van der Waals surface area (Å²) >= 11 is 5.65. The molecule has 0 aliphatic rings. The van der Waals surface area contributed by atoms with Gasteiger partial charge < -0.3 is 11.1 Å². The molecule has 0 spiro atoms. The predicted octanol–water partition coefficient (Wildman–Crippen LogP) is 1.96. The molecule has 2 aromatic rings. The van der Waals surface area contributed by atoms with Crippen LogP contribution in [0.3, 0.4) is 0 Å². The first kappa shape index (κ1) is 11.3. The number of nitrogens with zero attached hydrogens (tertiary/aromatic N) is 2. The van der Waals surface area contributed by atoms with Crippen molar-refractivity contribution in [1.82, 2.24) is 9.97 Å². The molecular formula is C11H9ClN4O. The third kappa shape index (κ3) is 2.70. The molecule has 0 atom stereocenters. The van der Waals surface area contributed by atoms with Crippen LogP contribution in [0.15, 0.2) is 36.5 Å². The SMILES string of the molecule is Nc1ncc(Cl)nc1C(=O)Nc1ccccc1. The van der Waals surface area contributed by atoms with Crippen molar-refractivity contribution in [2.24, 2.45) is 0 Å². The summed E-state index contributed by atoms with van der Waals surface area (Å²) < 4.78 is 0. The van der Waals surface area contributed by atoms with Crippen LogP contribution in [0, 0.1) is 0 Å². The van der Waals surface area contributed by atoms with Gasteiger partial charge >= 0.3 is 0 Å². The van der Waals surface area contributed by atoms with Crippen LogP contribution in [0.4, 0.5) is 11.5 Å². The topological polar surface area (TPSA) is 80.9 Å². The summed E-state index contributed by atoms with van der Waals surface area (Å²) in [6.07, 6.45) is 1.29. The largest absolute Gasteiger partial charge is 0.382 e. The van der Waals surface area contributed by atoms with E-state index >= 15 is 0 Å². The summed E-state index contributed by atoms with van der Waals surface area (Å²) in [6.45, 7) is 0. The maximum atomic E-state index is 11.8. The molecule has 1 heterocycles. The van der Waals surface area contributed by atoms with Crippen molar-refractivity contribution in [3.8, 4) is 0 Å². The van der Waals surface area contributed by atoms with Crippen LogP contribution in [-0.4, -0.2) is 15.9 Å². The van der Waals surface area contributed by atoms with Crippen molar-refractivity contribution in [1.29, 1.82) is 0 Å². The number of carbonyl (C=O) groups is 1. The second-order valence-electron chi connectivity index (χ2n) is 3.25. The number of hydrogen-bond acceptors (Lipinski definition) is 4. The summed E-state index contributed by atoms with van der Waals surface area (Å²) in [6, 6.07) is 8.98. The number of aromatic nitrogens is 2. The molecule has 5 nitrogen and oxygen atoms in total. The molecule has 86 valence electrons. The zero-order valence-corrected chi connectivity index (χ0v) is 9.48. The smallest absolute Gasteiger partial charge is 0.278 e. The zero-order chi connectivity index (χ0) is 12.3. The molecule has 1 aromatic heterocycles. The number of nitrogen functional groups attached to an aromatic ring is 1. The fourth-order valence-corrected chi connectivity index (χ4v) is 1.39. The summed E-state index contributed by atoms with van der Waals surface area (Å²) in [5.74, 6) is -0.397. The minimum atomic E-state index is -0.441. The quantitative estimate of drug-likeness (QED) is 0.851. The van der Waals surface area contributed by atoms with Crippen LogP contribution in [0.25, 0.3) is 0 Å². The van der Waals surface area contributed by atoms with Gasteiger partial charge in [-0.15, -0.1) is 0 Å². The number of carbonyl (C=O) groups excluding carboxylic acids is 1. The number of nitrogens with one attached hydrogen (secondary N) is 1. The Morgan fingerprint density at radius 1 is 1.29 bits per heavy atom. The highest BCUT2D eigenvalue weighted by Gasteiger charge is 2.13. The van der Waals surface area contributed by atoms with E-state index in [0.29, 0.717) is 5.69 Å². The van der Waals surface area contributed by atoms with Gasteiger partial charge in [0.25, 0.3) is 5.91 Å². The highest BCUT2D eigenvalue weighted by molar-refractivity contribution is 6.29. The van der Waals surface area contributed by atoms with Gasteiger partial charge in [-0.05, 0) is 12.1 Å². The van der Waals surface area contributed by atoms with E-state index in [4.69, 9.17) is 17.3 Å². The minimum Gasteiger partial charge on any atom is -0.382 e. The first-order valence-corrected chi connectivity index (χ1v) is 5.19. The van der Waals surface area contributed by atoms with Crippen LogP contribution < -0.4 is 11.1 Å². The van der Waals surface area contributed by atoms with Crippen LogP contribution >= 0.6 is 11.6 Å². The van der Waals surface area contributed by atoms with E-state index in [1.54, 1.807) is 12.1 Å². The van der Waals surface area contributed by atoms with Gasteiger partial charge in [-0.3, -0.25) is 4.79 Å². The summed E-state index contributed by atoms with van der Waals surface area (Å²) in [5, 5.41) is 2.77. The Balaban J connectivity index is 2.23. The molecule has 0 saturated heterocycles. The zero-order valence-electron chi connectivity index (χ0n) is 8.72. The van der Waals surface area contributed by atoms with E-state index in [9.17, 15) is 4.79 Å². The van der Waals surface area contributed by atoms with Crippen molar-refractivity contribution < 1.29 is 4.79 Å². The Kier molecular flexibility index (Phi) is 3.20. The van der Waals surface area contributed by atoms with Crippen molar-refractivity contribution in [2.75, 3.05) is 11.1 Å². The molecule has 3 N–H and O–H groups in total. The molecule has 0 bridgehead atoms. The van der Waals surface area contributed by atoms with E-state index in [1.807, 2.05) is 18.2 Å². The van der Waals surface area contributed by atoms with E-state index in [2.05, 4.69) is 15.3 Å². The Morgan fingerprint density at radius 2 is 2.00 bits per heavy atom. The standard InChI is InChI=1S/C11H9ClN4O/c12-8-6-14-10(13)9(16-8)11(17)15-7-4-2-1-3-5-7/h1-6H,(H2,13,14)(H,15,17). The molecule has 0 aliphatic heterocycles. The van der Waals surface area contributed by atoms with Crippen molar-refractivity contribution in [2.45, 2.75) is 0 Å². The molecule has 0 radical (unpaired) electrons. The van der Waals surface area contributed by atoms with Crippen LogP contribution in [0.1, 0.15) is 10.5 Å². The number of benzene rings is 1. The molecule has 0 fully saturated rings. The molecule has 0 unspecified atom stereocenters. The van der Waals surface area contributed by atoms with Crippen molar-refractivity contribution in [3.63, 3.8) is 0 Å². The number of para-hydroxylation sites is 1. The van der Waals surface area contributed by atoms with E-state index in [-0.39, 0.29) is 16.7 Å². The number of amides is 1. The Hall–Kier alpha value is -2.14. The molecule has 1 amide bonds. The van der Waals surface area contributed by atoms with Gasteiger partial charge in [-0.2, -0.15) is 0 Å². The monoisotopic (exact) mass is 248 g/mol. The second kappa shape index (κ2) is 4.80. The molecule has 0 saturated carbocycles. The summed E-state index contributed by atoms with van der Waals surface area (Å²) in [7, 11) is 0. The average molecular weight is 249 g/mol. The van der Waals surface area contributed by atoms with Gasteiger partial charge in [0.05, 0.1) is 6.20 Å². The number of rotatable bonds is 2. The van der Waals surface area contributed by atoms with Crippen LogP contribution in [-0.2, 0) is 0 Å². The molecule has 0 aliphatic carbocycles. The van der Waals surface area contributed by atoms with Gasteiger partial charge in [-0.1, -0.05) is 29.8 Å².